The van der Waals surface area contributed by atoms with Crippen LogP contribution in [-0.4, -0.2) is 16.6 Å². The molecular weight excluding hydrogens is 164 g/mol. The van der Waals surface area contributed by atoms with E-state index in [-0.39, 0.29) is 0 Å². The van der Waals surface area contributed by atoms with Gasteiger partial charge in [-0.1, -0.05) is 5.92 Å². The Bertz CT molecular complexity index is 308. The Morgan fingerprint density at radius 3 is 2.54 bits per heavy atom. The Balaban J connectivity index is 2.62. The van der Waals surface area contributed by atoms with E-state index in [0.29, 0.717) is 19.0 Å². The van der Waals surface area contributed by atoms with Crippen molar-refractivity contribution in [2.24, 2.45) is 0 Å². The molecule has 0 aromatic carbocycles. The van der Waals surface area contributed by atoms with Crippen LogP contribution in [0.3, 0.4) is 0 Å². The van der Waals surface area contributed by atoms with E-state index >= 15 is 0 Å². The molecule has 0 bridgehead atoms. The van der Waals surface area contributed by atoms with Gasteiger partial charge in [0.05, 0.1) is 0 Å². The summed E-state index contributed by atoms with van der Waals surface area (Å²) in [4.78, 5) is 8.40. The second kappa shape index (κ2) is 4.58. The van der Waals surface area contributed by atoms with Crippen LogP contribution in [0.5, 0.6) is 0 Å². The summed E-state index contributed by atoms with van der Waals surface area (Å²) in [6, 6.07) is 1.92. The van der Waals surface area contributed by atoms with Gasteiger partial charge < -0.3 is 4.74 Å². The van der Waals surface area contributed by atoms with Crippen molar-refractivity contribution in [3.63, 3.8) is 0 Å². The van der Waals surface area contributed by atoms with E-state index in [9.17, 15) is 0 Å². The Kier molecular flexibility index (Phi) is 3.41. The van der Waals surface area contributed by atoms with Gasteiger partial charge in [0.25, 0.3) is 0 Å². The van der Waals surface area contributed by atoms with E-state index in [1.807, 2.05) is 19.9 Å². The summed E-state index contributed by atoms with van der Waals surface area (Å²) in [5.41, 5.74) is 1.90. The molecule has 68 valence electrons. The second-order valence-electron chi connectivity index (χ2n) is 2.76. The van der Waals surface area contributed by atoms with E-state index < -0.39 is 0 Å². The van der Waals surface area contributed by atoms with Crippen LogP contribution in [0.1, 0.15) is 17.2 Å². The van der Waals surface area contributed by atoms with Crippen molar-refractivity contribution in [3.8, 4) is 12.3 Å². The number of rotatable bonds is 3. The minimum Gasteiger partial charge on any atom is -0.361 e. The topological polar surface area (TPSA) is 35.0 Å². The first-order valence-electron chi connectivity index (χ1n) is 4.04. The molecule has 0 fully saturated rings. The number of aryl methyl sites for hydroxylation is 2. The second-order valence-corrected chi connectivity index (χ2v) is 2.76. The van der Waals surface area contributed by atoms with Crippen molar-refractivity contribution in [2.75, 3.05) is 6.61 Å². The molecule has 0 atom stereocenters. The largest absolute Gasteiger partial charge is 0.361 e. The molecule has 0 unspecified atom stereocenters. The molecule has 1 aromatic rings. The van der Waals surface area contributed by atoms with Crippen LogP contribution in [0.25, 0.3) is 0 Å². The molecule has 0 N–H and O–H groups in total. The van der Waals surface area contributed by atoms with Crippen molar-refractivity contribution in [2.45, 2.75) is 20.5 Å². The number of ether oxygens (including phenoxy) is 1. The van der Waals surface area contributed by atoms with Gasteiger partial charge in [0.15, 0.2) is 5.82 Å². The lowest BCUT2D eigenvalue weighted by molar-refractivity contribution is 0.147. The molecule has 0 aliphatic heterocycles. The van der Waals surface area contributed by atoms with Crippen molar-refractivity contribution in [3.05, 3.63) is 23.3 Å². The van der Waals surface area contributed by atoms with Crippen LogP contribution in [0.4, 0.5) is 0 Å². The summed E-state index contributed by atoms with van der Waals surface area (Å²) in [6.07, 6.45) is 5.04. The van der Waals surface area contributed by atoms with Gasteiger partial charge >= 0.3 is 0 Å². The summed E-state index contributed by atoms with van der Waals surface area (Å²) in [5.74, 6) is 3.08. The van der Waals surface area contributed by atoms with E-state index in [1.54, 1.807) is 0 Å². The van der Waals surface area contributed by atoms with Gasteiger partial charge in [-0.3, -0.25) is 0 Å². The molecule has 1 heterocycles. The SMILES string of the molecule is C#CCOCc1nc(C)cc(C)n1. The highest BCUT2D eigenvalue weighted by Crippen LogP contribution is 2.00. The number of terminal acetylenes is 1. The summed E-state index contributed by atoms with van der Waals surface area (Å²) < 4.78 is 5.12. The molecule has 0 spiro atoms. The third-order valence-corrected chi connectivity index (χ3v) is 1.45. The monoisotopic (exact) mass is 176 g/mol. The van der Waals surface area contributed by atoms with E-state index in [4.69, 9.17) is 11.2 Å². The number of nitrogens with zero attached hydrogens (tertiary/aromatic N) is 2. The quantitative estimate of drug-likeness (QED) is 0.513. The van der Waals surface area contributed by atoms with Gasteiger partial charge in [-0.15, -0.1) is 6.42 Å². The van der Waals surface area contributed by atoms with Crippen LogP contribution in [0.2, 0.25) is 0 Å². The fourth-order valence-electron chi connectivity index (χ4n) is 1.06. The molecule has 0 saturated carbocycles. The van der Waals surface area contributed by atoms with Gasteiger partial charge in [-0.25, -0.2) is 9.97 Å². The summed E-state index contributed by atoms with van der Waals surface area (Å²) in [6.45, 7) is 4.54. The van der Waals surface area contributed by atoms with Crippen LogP contribution >= 0.6 is 0 Å². The van der Waals surface area contributed by atoms with Crippen LogP contribution in [0.15, 0.2) is 6.07 Å². The summed E-state index contributed by atoms with van der Waals surface area (Å²) in [7, 11) is 0. The molecule has 3 nitrogen and oxygen atoms in total. The smallest absolute Gasteiger partial charge is 0.154 e. The molecule has 0 saturated heterocycles. The molecular formula is C10H12N2O. The molecule has 0 aliphatic carbocycles. The Labute approximate surface area is 78.2 Å². The van der Waals surface area contributed by atoms with E-state index in [2.05, 4.69) is 15.9 Å². The maximum absolute atomic E-state index is 5.12. The molecule has 3 heteroatoms. The zero-order valence-corrected chi connectivity index (χ0v) is 7.87. The lowest BCUT2D eigenvalue weighted by Crippen LogP contribution is -2.02. The van der Waals surface area contributed by atoms with Crippen LogP contribution in [-0.2, 0) is 11.3 Å². The van der Waals surface area contributed by atoms with Gasteiger partial charge in [0.1, 0.15) is 13.2 Å². The molecule has 0 aliphatic rings. The summed E-state index contributed by atoms with van der Waals surface area (Å²) >= 11 is 0. The van der Waals surface area contributed by atoms with E-state index in [1.165, 1.54) is 0 Å². The van der Waals surface area contributed by atoms with Crippen molar-refractivity contribution < 1.29 is 4.74 Å². The molecule has 0 radical (unpaired) electrons. The third-order valence-electron chi connectivity index (χ3n) is 1.45. The molecule has 1 rings (SSSR count). The Morgan fingerprint density at radius 1 is 1.38 bits per heavy atom. The van der Waals surface area contributed by atoms with Crippen molar-refractivity contribution in [1.29, 1.82) is 0 Å². The zero-order valence-electron chi connectivity index (χ0n) is 7.87. The zero-order chi connectivity index (χ0) is 9.68. The normalized spacial score (nSPS) is 9.62. The lowest BCUT2D eigenvalue weighted by atomic mass is 10.3. The minimum atomic E-state index is 0.302. The maximum Gasteiger partial charge on any atom is 0.154 e. The molecule has 13 heavy (non-hydrogen) atoms. The highest BCUT2D eigenvalue weighted by molar-refractivity contribution is 5.07. The van der Waals surface area contributed by atoms with E-state index in [0.717, 1.165) is 11.4 Å². The number of aromatic nitrogens is 2. The highest BCUT2D eigenvalue weighted by Gasteiger charge is 1.98. The fraction of sp³-hybridized carbons (Fsp3) is 0.400. The van der Waals surface area contributed by atoms with Gasteiger partial charge in [-0.05, 0) is 19.9 Å². The highest BCUT2D eigenvalue weighted by atomic mass is 16.5. The van der Waals surface area contributed by atoms with Crippen molar-refractivity contribution in [1.82, 2.24) is 9.97 Å². The average Bonchev–Trinajstić information content (AvgIpc) is 2.03. The van der Waals surface area contributed by atoms with Gasteiger partial charge in [-0.2, -0.15) is 0 Å². The predicted octanol–water partition coefficient (Wildman–Crippen LogP) is 1.24. The van der Waals surface area contributed by atoms with Gasteiger partial charge in [0.2, 0.25) is 0 Å². The molecule has 0 amide bonds. The number of hydrogen-bond donors (Lipinski definition) is 0. The fourth-order valence-corrected chi connectivity index (χ4v) is 1.06. The minimum absolute atomic E-state index is 0.302. The third kappa shape index (κ3) is 3.22. The van der Waals surface area contributed by atoms with Gasteiger partial charge in [0, 0.05) is 11.4 Å². The first-order valence-corrected chi connectivity index (χ1v) is 4.04. The van der Waals surface area contributed by atoms with Crippen molar-refractivity contribution >= 4 is 0 Å². The standard InChI is InChI=1S/C10H12N2O/c1-4-5-13-7-10-11-8(2)6-9(3)12-10/h1,6H,5,7H2,2-3H3. The maximum atomic E-state index is 5.12. The first-order chi connectivity index (χ1) is 6.22. The van der Waals surface area contributed by atoms with Crippen LogP contribution < -0.4 is 0 Å². The summed E-state index contributed by atoms with van der Waals surface area (Å²) in [5, 5.41) is 0. The predicted molar refractivity (Wildman–Crippen MR) is 50.0 cm³/mol. The Morgan fingerprint density at radius 2 is 2.00 bits per heavy atom. The van der Waals surface area contributed by atoms with Crippen LogP contribution in [0, 0.1) is 26.2 Å². The Hall–Kier alpha value is -1.40. The first kappa shape index (κ1) is 9.69. The average molecular weight is 176 g/mol. The molecule has 1 aromatic heterocycles. The lowest BCUT2D eigenvalue weighted by Gasteiger charge is -2.02. The number of hydrogen-bond acceptors (Lipinski definition) is 3.